The molecule has 3 aromatic carbocycles. The molecule has 218 valence electrons. The molecule has 1 saturated heterocycles. The number of carbonyl (C=O) groups is 1. The predicted octanol–water partition coefficient (Wildman–Crippen LogP) is 3.06. The number of amides is 1. The van der Waals surface area contributed by atoms with Crippen molar-refractivity contribution in [2.24, 2.45) is 0 Å². The van der Waals surface area contributed by atoms with Gasteiger partial charge >= 0.3 is 0 Å². The molecule has 0 bridgehead atoms. The van der Waals surface area contributed by atoms with Crippen LogP contribution in [0.4, 0.5) is 5.69 Å². The summed E-state index contributed by atoms with van der Waals surface area (Å²) in [6.45, 7) is 5.22. The molecule has 5 rings (SSSR count). The first-order valence-corrected chi connectivity index (χ1v) is 15.4. The summed E-state index contributed by atoms with van der Waals surface area (Å²) in [6.07, 6.45) is 0.947. The highest BCUT2D eigenvalue weighted by atomic mass is 32.2. The summed E-state index contributed by atoms with van der Waals surface area (Å²) < 4.78 is 39.2. The van der Waals surface area contributed by atoms with Crippen LogP contribution in [0.1, 0.15) is 22.3 Å². The van der Waals surface area contributed by atoms with E-state index in [4.69, 9.17) is 9.47 Å². The number of anilines is 1. The molecule has 0 radical (unpaired) electrons. The van der Waals surface area contributed by atoms with Gasteiger partial charge in [-0.2, -0.15) is 0 Å². The number of benzene rings is 3. The molecule has 1 fully saturated rings. The Morgan fingerprint density at radius 3 is 2.34 bits per heavy atom. The number of likely N-dealkylation sites (N-methyl/N-ethyl adjacent to an activating group) is 1. The van der Waals surface area contributed by atoms with Crippen LogP contribution in [0.25, 0.3) is 0 Å². The van der Waals surface area contributed by atoms with Crippen LogP contribution in [-0.4, -0.2) is 78.1 Å². The average Bonchev–Trinajstić information content (AvgIpc) is 3.00. The van der Waals surface area contributed by atoms with Crippen molar-refractivity contribution in [2.45, 2.75) is 30.8 Å². The molecule has 1 amide bonds. The van der Waals surface area contributed by atoms with E-state index in [1.165, 1.54) is 11.3 Å². The zero-order valence-electron chi connectivity index (χ0n) is 23.9. The molecule has 0 atom stereocenters. The second-order valence-corrected chi connectivity index (χ2v) is 12.4. The largest absolute Gasteiger partial charge is 0.497 e. The van der Waals surface area contributed by atoms with Crippen LogP contribution in [-0.2, 0) is 40.7 Å². The summed E-state index contributed by atoms with van der Waals surface area (Å²) in [6, 6.07) is 18.0. The fourth-order valence-corrected chi connectivity index (χ4v) is 6.51. The van der Waals surface area contributed by atoms with Gasteiger partial charge in [-0.3, -0.25) is 4.79 Å². The molecule has 0 saturated carbocycles. The highest BCUT2D eigenvalue weighted by molar-refractivity contribution is 7.89. The molecule has 1 N–H and O–H groups in total. The van der Waals surface area contributed by atoms with E-state index in [9.17, 15) is 13.2 Å². The minimum Gasteiger partial charge on any atom is -0.497 e. The van der Waals surface area contributed by atoms with Crippen LogP contribution in [0.5, 0.6) is 11.5 Å². The van der Waals surface area contributed by atoms with Gasteiger partial charge in [0.25, 0.3) is 0 Å². The van der Waals surface area contributed by atoms with Gasteiger partial charge in [0.2, 0.25) is 15.9 Å². The smallest absolute Gasteiger partial charge is 0.240 e. The van der Waals surface area contributed by atoms with E-state index in [1.807, 2.05) is 29.2 Å². The lowest BCUT2D eigenvalue weighted by Crippen LogP contribution is -2.45. The molecule has 10 heteroatoms. The fourth-order valence-electron chi connectivity index (χ4n) is 5.49. The minimum atomic E-state index is -3.71. The quantitative estimate of drug-likeness (QED) is 0.417. The van der Waals surface area contributed by atoms with Gasteiger partial charge in [0.15, 0.2) is 0 Å². The second kappa shape index (κ2) is 12.5. The van der Waals surface area contributed by atoms with E-state index in [1.54, 1.807) is 44.6 Å². The Balaban J connectivity index is 1.24. The molecule has 2 heterocycles. The summed E-state index contributed by atoms with van der Waals surface area (Å²) in [4.78, 5) is 20.2. The van der Waals surface area contributed by atoms with E-state index >= 15 is 0 Å². The van der Waals surface area contributed by atoms with E-state index in [-0.39, 0.29) is 23.8 Å². The van der Waals surface area contributed by atoms with Gasteiger partial charge in [0, 0.05) is 62.6 Å². The monoisotopic (exact) mass is 578 g/mol. The Bertz CT molecular complexity index is 1480. The Morgan fingerprint density at radius 1 is 0.878 bits per heavy atom. The number of nitrogens with zero attached hydrogens (tertiary/aromatic N) is 3. The number of nitrogens with one attached hydrogen (secondary N) is 1. The zero-order valence-corrected chi connectivity index (χ0v) is 24.7. The van der Waals surface area contributed by atoms with Gasteiger partial charge in [0.1, 0.15) is 11.5 Å². The standard InChI is InChI=1S/C31H38N4O5S/c1-33-15-17-34(18-16-33)29-11-12-30(40-3)27-13-14-35(22-28(27)29)31(36)20-23-7-9-26(10-8-23)41(37,38)32-21-24-5-4-6-25(19-24)39-2/h4-12,19,32H,13-18,20-22H2,1-3H3. The summed E-state index contributed by atoms with van der Waals surface area (Å²) in [5, 5.41) is 0. The van der Waals surface area contributed by atoms with Crippen molar-refractivity contribution in [1.82, 2.24) is 14.5 Å². The third-order valence-electron chi connectivity index (χ3n) is 7.95. The average molecular weight is 579 g/mol. The second-order valence-electron chi connectivity index (χ2n) is 10.6. The number of carbonyl (C=O) groups excluding carboxylic acids is 1. The van der Waals surface area contributed by atoms with E-state index in [2.05, 4.69) is 27.6 Å². The molecule has 0 aromatic heterocycles. The van der Waals surface area contributed by atoms with Crippen LogP contribution in [0.3, 0.4) is 0 Å². The number of sulfonamides is 1. The molecule has 2 aliphatic heterocycles. The minimum absolute atomic E-state index is 0.0227. The number of ether oxygens (including phenoxy) is 2. The molecular weight excluding hydrogens is 540 g/mol. The predicted molar refractivity (Wildman–Crippen MR) is 159 cm³/mol. The topological polar surface area (TPSA) is 91.4 Å². The van der Waals surface area contributed by atoms with Gasteiger partial charge in [-0.15, -0.1) is 0 Å². The number of hydrogen-bond donors (Lipinski definition) is 1. The van der Waals surface area contributed by atoms with E-state index in [0.29, 0.717) is 18.8 Å². The van der Waals surface area contributed by atoms with Crippen LogP contribution in [0.2, 0.25) is 0 Å². The highest BCUT2D eigenvalue weighted by Gasteiger charge is 2.28. The van der Waals surface area contributed by atoms with Crippen LogP contribution >= 0.6 is 0 Å². The maximum absolute atomic E-state index is 13.4. The normalized spacial score (nSPS) is 15.9. The number of piperazine rings is 1. The van der Waals surface area contributed by atoms with Crippen LogP contribution < -0.4 is 19.1 Å². The first-order chi connectivity index (χ1) is 19.8. The SMILES string of the molecule is COc1cccc(CNS(=O)(=O)c2ccc(CC(=O)N3CCc4c(OC)ccc(N5CCN(C)CC5)c4C3)cc2)c1. The van der Waals surface area contributed by atoms with Gasteiger partial charge in [-0.05, 0) is 61.0 Å². The van der Waals surface area contributed by atoms with Crippen molar-refractivity contribution in [3.63, 3.8) is 0 Å². The lowest BCUT2D eigenvalue weighted by atomic mass is 9.95. The molecule has 41 heavy (non-hydrogen) atoms. The third kappa shape index (κ3) is 6.66. The first-order valence-electron chi connectivity index (χ1n) is 13.9. The Morgan fingerprint density at radius 2 is 1.63 bits per heavy atom. The van der Waals surface area contributed by atoms with Gasteiger partial charge in [-0.25, -0.2) is 13.1 Å². The van der Waals surface area contributed by atoms with Crippen molar-refractivity contribution in [3.8, 4) is 11.5 Å². The molecule has 3 aromatic rings. The highest BCUT2D eigenvalue weighted by Crippen LogP contribution is 2.36. The molecule has 0 aliphatic carbocycles. The van der Waals surface area contributed by atoms with Gasteiger partial charge in [-0.1, -0.05) is 24.3 Å². The van der Waals surface area contributed by atoms with E-state index < -0.39 is 10.0 Å². The third-order valence-corrected chi connectivity index (χ3v) is 9.37. The number of methoxy groups -OCH3 is 2. The van der Waals surface area contributed by atoms with Gasteiger partial charge in [0.05, 0.1) is 25.5 Å². The van der Waals surface area contributed by atoms with Crippen molar-refractivity contribution in [3.05, 3.63) is 82.9 Å². The lowest BCUT2D eigenvalue weighted by molar-refractivity contribution is -0.131. The van der Waals surface area contributed by atoms with Crippen LogP contribution in [0, 0.1) is 0 Å². The Labute approximate surface area is 242 Å². The molecular formula is C31H38N4O5S. The summed E-state index contributed by atoms with van der Waals surface area (Å²) in [7, 11) is 1.70. The molecule has 2 aliphatic rings. The summed E-state index contributed by atoms with van der Waals surface area (Å²) in [5.74, 6) is 1.57. The van der Waals surface area contributed by atoms with Gasteiger partial charge < -0.3 is 24.2 Å². The maximum Gasteiger partial charge on any atom is 0.240 e. The van der Waals surface area contributed by atoms with E-state index in [0.717, 1.165) is 55.0 Å². The fraction of sp³-hybridized carbons (Fsp3) is 0.387. The van der Waals surface area contributed by atoms with Crippen molar-refractivity contribution < 1.29 is 22.7 Å². The molecule has 0 spiro atoms. The zero-order chi connectivity index (χ0) is 29.0. The number of rotatable bonds is 9. The summed E-state index contributed by atoms with van der Waals surface area (Å²) >= 11 is 0. The van der Waals surface area contributed by atoms with Crippen LogP contribution in [0.15, 0.2) is 65.6 Å². The number of fused-ring (bicyclic) bond motifs is 1. The van der Waals surface area contributed by atoms with Crippen molar-refractivity contribution in [1.29, 1.82) is 0 Å². The summed E-state index contributed by atoms with van der Waals surface area (Å²) in [5.41, 5.74) is 5.10. The first kappa shape index (κ1) is 28.9. The molecule has 0 unspecified atom stereocenters. The van der Waals surface area contributed by atoms with Crippen molar-refractivity contribution in [2.75, 3.05) is 58.9 Å². The Kier molecular flexibility index (Phi) is 8.82. The Hall–Kier alpha value is -3.60. The lowest BCUT2D eigenvalue weighted by Gasteiger charge is -2.38. The van der Waals surface area contributed by atoms with Crippen molar-refractivity contribution >= 4 is 21.6 Å². The maximum atomic E-state index is 13.4. The molecule has 9 nitrogen and oxygen atoms in total. The number of hydrogen-bond acceptors (Lipinski definition) is 7.